The lowest BCUT2D eigenvalue weighted by Gasteiger charge is -2.04. The third kappa shape index (κ3) is 3.72. The van der Waals surface area contributed by atoms with Crippen molar-refractivity contribution in [3.63, 3.8) is 0 Å². The van der Waals surface area contributed by atoms with Crippen LogP contribution in [-0.4, -0.2) is 22.9 Å². The molecule has 0 atom stereocenters. The molecule has 0 spiro atoms. The van der Waals surface area contributed by atoms with Crippen LogP contribution in [0.5, 0.6) is 0 Å². The Balaban J connectivity index is 1.58. The molecule has 0 aliphatic heterocycles. The van der Waals surface area contributed by atoms with Gasteiger partial charge in [-0.05, 0) is 29.0 Å². The molecule has 2 aromatic heterocycles. The number of rotatable bonds is 5. The van der Waals surface area contributed by atoms with Crippen molar-refractivity contribution in [3.05, 3.63) is 58.9 Å². The maximum atomic E-state index is 11.8. The number of carbonyl (C=O) groups excluding carboxylic acids is 1. The fourth-order valence-electron chi connectivity index (χ4n) is 1.90. The highest BCUT2D eigenvalue weighted by atomic mass is 32.2. The summed E-state index contributed by atoms with van der Waals surface area (Å²) in [6.07, 6.45) is 3.40. The number of thioether (sulfide) groups is 1. The van der Waals surface area contributed by atoms with Gasteiger partial charge in [0.1, 0.15) is 0 Å². The predicted molar refractivity (Wildman–Crippen MR) is 92.5 cm³/mol. The topological polar surface area (TPSA) is 54.4 Å². The summed E-state index contributed by atoms with van der Waals surface area (Å²) in [5.41, 5.74) is 4.44. The van der Waals surface area contributed by atoms with Crippen LogP contribution in [0.2, 0.25) is 0 Å². The van der Waals surface area contributed by atoms with Crippen LogP contribution in [0.25, 0.3) is 10.9 Å². The summed E-state index contributed by atoms with van der Waals surface area (Å²) in [7, 11) is 0. The van der Waals surface area contributed by atoms with E-state index in [9.17, 15) is 4.79 Å². The molecule has 0 saturated heterocycles. The van der Waals surface area contributed by atoms with E-state index in [-0.39, 0.29) is 5.91 Å². The van der Waals surface area contributed by atoms with E-state index in [4.69, 9.17) is 0 Å². The van der Waals surface area contributed by atoms with Crippen molar-refractivity contribution in [1.29, 1.82) is 0 Å². The molecule has 3 aromatic rings. The molecule has 0 unspecified atom stereocenters. The first-order chi connectivity index (χ1) is 10.8. The highest BCUT2D eigenvalue weighted by molar-refractivity contribution is 8.00. The predicted octanol–water partition coefficient (Wildman–Crippen LogP) is 3.54. The summed E-state index contributed by atoms with van der Waals surface area (Å²) in [6.45, 7) is 0. The first kappa shape index (κ1) is 14.7. The first-order valence-electron chi connectivity index (χ1n) is 6.63. The quantitative estimate of drug-likeness (QED) is 0.443. The van der Waals surface area contributed by atoms with Gasteiger partial charge in [0, 0.05) is 22.0 Å². The van der Waals surface area contributed by atoms with E-state index in [1.165, 1.54) is 11.8 Å². The molecule has 110 valence electrons. The lowest BCUT2D eigenvalue weighted by Crippen LogP contribution is -2.19. The van der Waals surface area contributed by atoms with E-state index in [1.54, 1.807) is 23.7 Å². The second kappa shape index (κ2) is 7.20. The standard InChI is InChI=1S/C16H13N3OS2/c20-15(19-18-9-12-6-8-21-10-12)11-22-14-5-1-3-13-4-2-7-17-16(13)14/h1-10H,11H2,(H,19,20)/b18-9-. The Morgan fingerprint density at radius 2 is 2.23 bits per heavy atom. The smallest absolute Gasteiger partial charge is 0.250 e. The van der Waals surface area contributed by atoms with Gasteiger partial charge in [-0.1, -0.05) is 18.2 Å². The number of pyridine rings is 1. The molecule has 0 fully saturated rings. The van der Waals surface area contributed by atoms with Crippen molar-refractivity contribution in [2.75, 3.05) is 5.75 Å². The lowest BCUT2D eigenvalue weighted by atomic mass is 10.2. The van der Waals surface area contributed by atoms with E-state index < -0.39 is 0 Å². The van der Waals surface area contributed by atoms with Crippen LogP contribution in [0.3, 0.4) is 0 Å². The minimum absolute atomic E-state index is 0.135. The number of para-hydroxylation sites is 1. The van der Waals surface area contributed by atoms with E-state index in [1.807, 2.05) is 47.2 Å². The first-order valence-corrected chi connectivity index (χ1v) is 8.56. The molecule has 0 radical (unpaired) electrons. The normalized spacial score (nSPS) is 11.1. The Morgan fingerprint density at radius 1 is 1.32 bits per heavy atom. The van der Waals surface area contributed by atoms with Crippen molar-refractivity contribution in [2.45, 2.75) is 4.90 Å². The van der Waals surface area contributed by atoms with Gasteiger partial charge in [-0.3, -0.25) is 9.78 Å². The molecule has 0 saturated carbocycles. The minimum atomic E-state index is -0.135. The largest absolute Gasteiger partial charge is 0.272 e. The van der Waals surface area contributed by atoms with Gasteiger partial charge in [0.25, 0.3) is 0 Å². The van der Waals surface area contributed by atoms with Gasteiger partial charge in [0.15, 0.2) is 0 Å². The van der Waals surface area contributed by atoms with Crippen LogP contribution in [0.1, 0.15) is 5.56 Å². The number of fused-ring (bicyclic) bond motifs is 1. The molecular weight excluding hydrogens is 314 g/mol. The lowest BCUT2D eigenvalue weighted by molar-refractivity contribution is -0.118. The second-order valence-corrected chi connectivity index (χ2v) is 6.27. The average molecular weight is 327 g/mol. The molecule has 2 heterocycles. The summed E-state index contributed by atoms with van der Waals surface area (Å²) in [5, 5.41) is 8.94. The van der Waals surface area contributed by atoms with Gasteiger partial charge in [0.05, 0.1) is 17.5 Å². The molecular formula is C16H13N3OS2. The highest BCUT2D eigenvalue weighted by Gasteiger charge is 2.05. The van der Waals surface area contributed by atoms with Crippen LogP contribution in [0.4, 0.5) is 0 Å². The molecule has 0 aliphatic rings. The Morgan fingerprint density at radius 3 is 3.09 bits per heavy atom. The molecule has 1 amide bonds. The number of hydrazone groups is 1. The van der Waals surface area contributed by atoms with E-state index >= 15 is 0 Å². The molecule has 1 N–H and O–H groups in total. The zero-order chi connectivity index (χ0) is 15.2. The van der Waals surface area contributed by atoms with E-state index in [2.05, 4.69) is 15.5 Å². The molecule has 6 heteroatoms. The fourth-order valence-corrected chi connectivity index (χ4v) is 3.34. The van der Waals surface area contributed by atoms with Gasteiger partial charge >= 0.3 is 0 Å². The number of carbonyl (C=O) groups is 1. The number of benzene rings is 1. The Hall–Kier alpha value is -2.18. The number of hydrogen-bond acceptors (Lipinski definition) is 5. The number of nitrogens with zero attached hydrogens (tertiary/aromatic N) is 2. The van der Waals surface area contributed by atoms with Crippen molar-refractivity contribution in [2.24, 2.45) is 5.10 Å². The number of aromatic nitrogens is 1. The van der Waals surface area contributed by atoms with Crippen LogP contribution >= 0.6 is 23.1 Å². The van der Waals surface area contributed by atoms with Gasteiger partial charge in [-0.2, -0.15) is 16.4 Å². The van der Waals surface area contributed by atoms with Crippen LogP contribution in [0.15, 0.2) is 63.4 Å². The van der Waals surface area contributed by atoms with Crippen LogP contribution in [0, 0.1) is 0 Å². The van der Waals surface area contributed by atoms with Crippen molar-refractivity contribution in [3.8, 4) is 0 Å². The van der Waals surface area contributed by atoms with E-state index in [0.29, 0.717) is 5.75 Å². The maximum absolute atomic E-state index is 11.8. The fraction of sp³-hybridized carbons (Fsp3) is 0.0625. The third-order valence-electron chi connectivity index (χ3n) is 2.90. The third-order valence-corrected chi connectivity index (χ3v) is 4.65. The highest BCUT2D eigenvalue weighted by Crippen LogP contribution is 2.25. The number of thiophene rings is 1. The van der Waals surface area contributed by atoms with Crippen molar-refractivity contribution < 1.29 is 4.79 Å². The monoisotopic (exact) mass is 327 g/mol. The van der Waals surface area contributed by atoms with Crippen molar-refractivity contribution in [1.82, 2.24) is 10.4 Å². The second-order valence-electron chi connectivity index (χ2n) is 4.47. The summed E-state index contributed by atoms with van der Waals surface area (Å²) in [5.74, 6) is 0.167. The maximum Gasteiger partial charge on any atom is 0.250 e. The summed E-state index contributed by atoms with van der Waals surface area (Å²) in [6, 6.07) is 11.8. The summed E-state index contributed by atoms with van der Waals surface area (Å²) in [4.78, 5) is 17.2. The van der Waals surface area contributed by atoms with Gasteiger partial charge in [0.2, 0.25) is 5.91 Å². The van der Waals surface area contributed by atoms with Gasteiger partial charge in [-0.15, -0.1) is 11.8 Å². The Bertz CT molecular complexity index is 795. The average Bonchev–Trinajstić information content (AvgIpc) is 3.06. The zero-order valence-corrected chi connectivity index (χ0v) is 13.2. The van der Waals surface area contributed by atoms with Gasteiger partial charge in [-0.25, -0.2) is 5.43 Å². The molecule has 0 bridgehead atoms. The number of hydrogen-bond donors (Lipinski definition) is 1. The number of nitrogens with one attached hydrogen (secondary N) is 1. The SMILES string of the molecule is O=C(CSc1cccc2cccnc12)N/N=C\c1ccsc1. The van der Waals surface area contributed by atoms with Crippen LogP contribution < -0.4 is 5.43 Å². The molecule has 22 heavy (non-hydrogen) atoms. The summed E-state index contributed by atoms with van der Waals surface area (Å²) >= 11 is 3.05. The molecule has 3 rings (SSSR count). The van der Waals surface area contributed by atoms with Crippen molar-refractivity contribution >= 4 is 46.1 Å². The molecule has 0 aliphatic carbocycles. The molecule has 1 aromatic carbocycles. The Labute approximate surface area is 136 Å². The minimum Gasteiger partial charge on any atom is -0.272 e. The van der Waals surface area contributed by atoms with Gasteiger partial charge < -0.3 is 0 Å². The van der Waals surface area contributed by atoms with Crippen LogP contribution in [-0.2, 0) is 4.79 Å². The number of amides is 1. The zero-order valence-electron chi connectivity index (χ0n) is 11.6. The molecule has 4 nitrogen and oxygen atoms in total. The Kier molecular flexibility index (Phi) is 4.82. The van der Waals surface area contributed by atoms with E-state index in [0.717, 1.165) is 21.4 Å². The summed E-state index contributed by atoms with van der Waals surface area (Å²) < 4.78 is 0.